The van der Waals surface area contributed by atoms with E-state index >= 15 is 0 Å². The highest BCUT2D eigenvalue weighted by molar-refractivity contribution is 8.01. The second-order valence-corrected chi connectivity index (χ2v) is 10.7. The maximum atomic E-state index is 13.3. The molecule has 5 N–H and O–H groups in total. The van der Waals surface area contributed by atoms with E-state index in [1.54, 1.807) is 68.7 Å². The van der Waals surface area contributed by atoms with Gasteiger partial charge in [-0.3, -0.25) is 24.4 Å². The molecule has 2 aliphatic heterocycles. The third-order valence-corrected chi connectivity index (χ3v) is 7.61. The number of amides is 3. The number of carboxylic acids is 1. The summed E-state index contributed by atoms with van der Waals surface area (Å²) in [6.07, 6.45) is 3.11. The number of nitrogens with zero attached hydrogens (tertiary/aromatic N) is 3. The number of rotatable bonds is 8. The zero-order chi connectivity index (χ0) is 26.0. The van der Waals surface area contributed by atoms with Crippen LogP contribution in [0.5, 0.6) is 0 Å². The number of carbonyl (C=O) groups is 4. The summed E-state index contributed by atoms with van der Waals surface area (Å²) in [5.41, 5.74) is 7.06. The number of aromatic nitrogens is 1. The third-order valence-electron chi connectivity index (χ3n) is 6.04. The lowest BCUT2D eigenvalue weighted by Gasteiger charge is -2.44. The van der Waals surface area contributed by atoms with Crippen LogP contribution >= 0.6 is 11.8 Å². The standard InChI is InChI=1S/C24H26N6O5S/c1-24(2)18(23(34)35)30-21(33)17(22(30)36-24)29-20(32)16(13-6-4-3-5-7-13)28-15(31)12-27-19(25)14-8-10-26-11-9-14/h3-11,16-18,22H,12H2,1-2H3,(H2,25,27)(H,28,31)(H,29,32)(H,34,35)/t16-,17?,18+,22-/m1/s1. The minimum atomic E-state index is -1.09. The molecule has 2 saturated heterocycles. The number of carbonyl (C=O) groups excluding carboxylic acids is 3. The highest BCUT2D eigenvalue weighted by Gasteiger charge is 2.64. The van der Waals surface area contributed by atoms with Crippen molar-refractivity contribution >= 4 is 41.3 Å². The first kappa shape index (κ1) is 25.2. The van der Waals surface area contributed by atoms with E-state index in [-0.39, 0.29) is 12.4 Å². The van der Waals surface area contributed by atoms with E-state index in [1.165, 1.54) is 16.7 Å². The van der Waals surface area contributed by atoms with Gasteiger partial charge in [0.25, 0.3) is 0 Å². The summed E-state index contributed by atoms with van der Waals surface area (Å²) in [5, 5.41) is 14.4. The van der Waals surface area contributed by atoms with Gasteiger partial charge < -0.3 is 26.4 Å². The molecule has 2 fully saturated rings. The van der Waals surface area contributed by atoms with Gasteiger partial charge in [-0.15, -0.1) is 11.8 Å². The topological polar surface area (TPSA) is 167 Å². The summed E-state index contributed by atoms with van der Waals surface area (Å²) in [5.74, 6) is -2.53. The number of amidine groups is 1. The second-order valence-electron chi connectivity index (χ2n) is 8.93. The molecule has 0 saturated carbocycles. The summed E-state index contributed by atoms with van der Waals surface area (Å²) >= 11 is 1.32. The molecule has 0 aliphatic carbocycles. The van der Waals surface area contributed by atoms with Gasteiger partial charge in [0.2, 0.25) is 17.7 Å². The molecule has 1 aromatic carbocycles. The predicted molar refractivity (Wildman–Crippen MR) is 133 cm³/mol. The number of carboxylic acid groups (broad SMARTS) is 1. The van der Waals surface area contributed by atoms with Crippen molar-refractivity contribution in [1.29, 1.82) is 0 Å². The Hall–Kier alpha value is -3.93. The van der Waals surface area contributed by atoms with Gasteiger partial charge in [0, 0.05) is 22.7 Å². The van der Waals surface area contributed by atoms with Crippen LogP contribution in [-0.4, -0.2) is 73.3 Å². The molecule has 0 bridgehead atoms. The van der Waals surface area contributed by atoms with E-state index in [2.05, 4.69) is 20.6 Å². The SMILES string of the molecule is CC1(C)S[C@@H]2C(NC(=O)[C@H](NC(=O)CN=C(N)c3ccncc3)c3ccccc3)C(=O)N2[C@H]1C(=O)O. The Labute approximate surface area is 211 Å². The summed E-state index contributed by atoms with van der Waals surface area (Å²) in [7, 11) is 0. The van der Waals surface area contributed by atoms with Gasteiger partial charge in [-0.1, -0.05) is 30.3 Å². The number of hydrogen-bond donors (Lipinski definition) is 4. The van der Waals surface area contributed by atoms with Gasteiger partial charge in [-0.25, -0.2) is 4.79 Å². The quantitative estimate of drug-likeness (QED) is 0.223. The van der Waals surface area contributed by atoms with Crippen molar-refractivity contribution in [2.24, 2.45) is 10.7 Å². The molecular formula is C24H26N6O5S. The Morgan fingerprint density at radius 2 is 1.86 bits per heavy atom. The van der Waals surface area contributed by atoms with Crippen LogP contribution in [0.4, 0.5) is 0 Å². The second kappa shape index (κ2) is 9.97. The van der Waals surface area contributed by atoms with Crippen LogP contribution in [-0.2, 0) is 19.2 Å². The monoisotopic (exact) mass is 510 g/mol. The van der Waals surface area contributed by atoms with Crippen molar-refractivity contribution in [1.82, 2.24) is 20.5 Å². The molecule has 0 spiro atoms. The number of aliphatic carboxylic acids is 1. The Morgan fingerprint density at radius 3 is 2.50 bits per heavy atom. The Kier molecular flexibility index (Phi) is 6.97. The zero-order valence-electron chi connectivity index (χ0n) is 19.6. The molecule has 3 amide bonds. The molecule has 2 aliphatic rings. The Bertz CT molecular complexity index is 1210. The van der Waals surface area contributed by atoms with Gasteiger partial charge in [0.05, 0.1) is 0 Å². The van der Waals surface area contributed by atoms with Gasteiger partial charge in [0.1, 0.15) is 35.9 Å². The van der Waals surface area contributed by atoms with Crippen LogP contribution < -0.4 is 16.4 Å². The molecule has 188 valence electrons. The molecule has 0 radical (unpaired) electrons. The van der Waals surface area contributed by atoms with Crippen LogP contribution in [0.2, 0.25) is 0 Å². The molecule has 1 aromatic heterocycles. The van der Waals surface area contributed by atoms with Crippen LogP contribution in [0.15, 0.2) is 59.9 Å². The fourth-order valence-electron chi connectivity index (χ4n) is 4.31. The van der Waals surface area contributed by atoms with E-state index in [1.807, 2.05) is 0 Å². The fourth-order valence-corrected chi connectivity index (χ4v) is 5.93. The number of β-lactam (4-membered cyclic amide) rings is 1. The number of pyridine rings is 1. The summed E-state index contributed by atoms with van der Waals surface area (Å²) in [4.78, 5) is 59.7. The predicted octanol–water partition coefficient (Wildman–Crippen LogP) is 0.276. The molecule has 11 nitrogen and oxygen atoms in total. The Balaban J connectivity index is 1.46. The number of thioether (sulfide) groups is 1. The van der Waals surface area contributed by atoms with Gasteiger partial charge in [-0.2, -0.15) is 0 Å². The van der Waals surface area contributed by atoms with E-state index in [9.17, 15) is 24.3 Å². The Morgan fingerprint density at radius 1 is 1.19 bits per heavy atom. The normalized spacial score (nSPS) is 23.3. The first-order valence-corrected chi connectivity index (χ1v) is 12.1. The molecule has 4 atom stereocenters. The molecule has 36 heavy (non-hydrogen) atoms. The number of fused-ring (bicyclic) bond motifs is 1. The zero-order valence-corrected chi connectivity index (χ0v) is 20.4. The highest BCUT2D eigenvalue weighted by atomic mass is 32.2. The third kappa shape index (κ3) is 4.89. The van der Waals surface area contributed by atoms with Gasteiger partial charge >= 0.3 is 5.97 Å². The van der Waals surface area contributed by atoms with E-state index in [0.717, 1.165) is 0 Å². The van der Waals surface area contributed by atoms with Crippen molar-refractivity contribution < 1.29 is 24.3 Å². The summed E-state index contributed by atoms with van der Waals surface area (Å²) in [6, 6.07) is 8.94. The molecule has 3 heterocycles. The van der Waals surface area contributed by atoms with Gasteiger partial charge in [0.15, 0.2) is 0 Å². The smallest absolute Gasteiger partial charge is 0.327 e. The number of benzene rings is 1. The molecule has 12 heteroatoms. The first-order valence-electron chi connectivity index (χ1n) is 11.2. The van der Waals surface area contributed by atoms with Crippen LogP contribution in [0.3, 0.4) is 0 Å². The van der Waals surface area contributed by atoms with Crippen molar-refractivity contribution in [3.63, 3.8) is 0 Å². The number of hydrogen-bond acceptors (Lipinski definition) is 7. The van der Waals surface area contributed by atoms with Crippen molar-refractivity contribution in [3.8, 4) is 0 Å². The van der Waals surface area contributed by atoms with E-state index in [0.29, 0.717) is 11.1 Å². The number of nitrogens with two attached hydrogens (primary N) is 1. The minimum absolute atomic E-state index is 0.155. The van der Waals surface area contributed by atoms with E-state index < -0.39 is 51.9 Å². The molecular weight excluding hydrogens is 484 g/mol. The lowest BCUT2D eigenvalue weighted by Crippen LogP contribution is -2.71. The maximum absolute atomic E-state index is 13.3. The minimum Gasteiger partial charge on any atom is -0.480 e. The first-order chi connectivity index (χ1) is 17.1. The lowest BCUT2D eigenvalue weighted by molar-refractivity contribution is -0.161. The van der Waals surface area contributed by atoms with Crippen LogP contribution in [0.25, 0.3) is 0 Å². The van der Waals surface area contributed by atoms with Crippen LogP contribution in [0, 0.1) is 0 Å². The van der Waals surface area contributed by atoms with Crippen LogP contribution in [0.1, 0.15) is 31.0 Å². The summed E-state index contributed by atoms with van der Waals surface area (Å²) in [6.45, 7) is 3.20. The number of aliphatic imine (C=N–C) groups is 1. The van der Waals surface area contributed by atoms with Gasteiger partial charge in [-0.05, 0) is 31.5 Å². The summed E-state index contributed by atoms with van der Waals surface area (Å²) < 4.78 is -0.717. The fraction of sp³-hybridized carbons (Fsp3) is 0.333. The average molecular weight is 511 g/mol. The largest absolute Gasteiger partial charge is 0.480 e. The maximum Gasteiger partial charge on any atom is 0.327 e. The lowest BCUT2D eigenvalue weighted by atomic mass is 9.95. The highest BCUT2D eigenvalue weighted by Crippen LogP contribution is 2.50. The molecule has 4 rings (SSSR count). The molecule has 1 unspecified atom stereocenters. The average Bonchev–Trinajstić information content (AvgIpc) is 3.13. The van der Waals surface area contributed by atoms with Crippen molar-refractivity contribution in [2.75, 3.05) is 6.54 Å². The van der Waals surface area contributed by atoms with Crippen molar-refractivity contribution in [3.05, 3.63) is 66.0 Å². The number of nitrogens with one attached hydrogen (secondary N) is 2. The molecule has 2 aromatic rings. The van der Waals surface area contributed by atoms with E-state index in [4.69, 9.17) is 5.73 Å². The van der Waals surface area contributed by atoms with Crippen molar-refractivity contribution in [2.45, 2.75) is 42.1 Å².